The van der Waals surface area contributed by atoms with E-state index in [9.17, 15) is 4.79 Å². The van der Waals surface area contributed by atoms with Crippen LogP contribution in [0.15, 0.2) is 42.5 Å². The van der Waals surface area contributed by atoms with Gasteiger partial charge >= 0.3 is 0 Å². The van der Waals surface area contributed by atoms with E-state index in [0.717, 1.165) is 32.2 Å². The van der Waals surface area contributed by atoms with Crippen molar-refractivity contribution < 1.29 is 4.79 Å². The Balaban J connectivity index is 1.63. The standard InChI is InChI=1S/C16H19NO/c18-16-11-14-7-4-10-17(14)15(12-16)9-8-13-5-2-1-3-6-13/h1-7,14-15H,8-12H2/t14-,15-/m1/s1. The van der Waals surface area contributed by atoms with E-state index in [-0.39, 0.29) is 0 Å². The van der Waals surface area contributed by atoms with Crippen LogP contribution in [0.4, 0.5) is 0 Å². The van der Waals surface area contributed by atoms with E-state index in [4.69, 9.17) is 0 Å². The second kappa shape index (κ2) is 5.07. The quantitative estimate of drug-likeness (QED) is 0.758. The predicted molar refractivity (Wildman–Crippen MR) is 72.4 cm³/mol. The van der Waals surface area contributed by atoms with Crippen molar-refractivity contribution in [2.75, 3.05) is 6.54 Å². The zero-order valence-corrected chi connectivity index (χ0v) is 10.6. The minimum absolute atomic E-state index is 0.382. The van der Waals surface area contributed by atoms with Gasteiger partial charge in [-0.25, -0.2) is 0 Å². The summed E-state index contributed by atoms with van der Waals surface area (Å²) in [5.41, 5.74) is 1.37. The molecule has 0 N–H and O–H groups in total. The van der Waals surface area contributed by atoms with Crippen molar-refractivity contribution >= 4 is 5.78 Å². The van der Waals surface area contributed by atoms with Gasteiger partial charge in [0.25, 0.3) is 0 Å². The summed E-state index contributed by atoms with van der Waals surface area (Å²) < 4.78 is 0. The zero-order valence-electron chi connectivity index (χ0n) is 10.6. The summed E-state index contributed by atoms with van der Waals surface area (Å²) in [4.78, 5) is 14.3. The van der Waals surface area contributed by atoms with E-state index in [0.29, 0.717) is 17.9 Å². The molecular formula is C16H19NO. The molecule has 0 unspecified atom stereocenters. The van der Waals surface area contributed by atoms with Gasteiger partial charge in [0.05, 0.1) is 0 Å². The molecule has 0 aromatic heterocycles. The molecule has 0 aliphatic carbocycles. The first kappa shape index (κ1) is 11.7. The second-order valence-electron chi connectivity index (χ2n) is 5.32. The number of Topliss-reactive ketones (excluding diaryl/α,β-unsaturated/α-hetero) is 1. The van der Waals surface area contributed by atoms with Crippen LogP contribution in [0.1, 0.15) is 24.8 Å². The van der Waals surface area contributed by atoms with E-state index in [1.54, 1.807) is 0 Å². The molecule has 94 valence electrons. The molecule has 18 heavy (non-hydrogen) atoms. The highest BCUT2D eigenvalue weighted by molar-refractivity contribution is 5.81. The Morgan fingerprint density at radius 1 is 1.17 bits per heavy atom. The average Bonchev–Trinajstić information content (AvgIpc) is 2.85. The van der Waals surface area contributed by atoms with Crippen molar-refractivity contribution in [1.29, 1.82) is 0 Å². The van der Waals surface area contributed by atoms with Gasteiger partial charge in [0.1, 0.15) is 5.78 Å². The molecular weight excluding hydrogens is 222 g/mol. The maximum Gasteiger partial charge on any atom is 0.136 e. The highest BCUT2D eigenvalue weighted by Gasteiger charge is 2.34. The van der Waals surface area contributed by atoms with Gasteiger partial charge in [-0.2, -0.15) is 0 Å². The molecule has 1 aromatic carbocycles. The van der Waals surface area contributed by atoms with Gasteiger partial charge in [0.2, 0.25) is 0 Å². The average molecular weight is 241 g/mol. The Labute approximate surface area is 108 Å². The van der Waals surface area contributed by atoms with Crippen LogP contribution in [0, 0.1) is 0 Å². The van der Waals surface area contributed by atoms with Crippen LogP contribution in [0.25, 0.3) is 0 Å². The molecule has 0 bridgehead atoms. The Bertz CT molecular complexity index is 451. The number of rotatable bonds is 3. The number of ketones is 1. The first-order valence-corrected chi connectivity index (χ1v) is 6.81. The van der Waals surface area contributed by atoms with E-state index in [1.165, 1.54) is 5.56 Å². The minimum Gasteiger partial charge on any atom is -0.300 e. The molecule has 2 aliphatic heterocycles. The van der Waals surface area contributed by atoms with Crippen LogP contribution >= 0.6 is 0 Å². The van der Waals surface area contributed by atoms with Crippen molar-refractivity contribution in [3.8, 4) is 0 Å². The number of aryl methyl sites for hydroxylation is 1. The highest BCUT2D eigenvalue weighted by atomic mass is 16.1. The monoisotopic (exact) mass is 241 g/mol. The molecule has 0 radical (unpaired) electrons. The van der Waals surface area contributed by atoms with E-state index in [1.807, 2.05) is 6.07 Å². The molecule has 2 heteroatoms. The maximum atomic E-state index is 11.8. The molecule has 1 fully saturated rings. The number of fused-ring (bicyclic) bond motifs is 1. The van der Waals surface area contributed by atoms with E-state index < -0.39 is 0 Å². The summed E-state index contributed by atoms with van der Waals surface area (Å²) in [6.45, 7) is 1.03. The molecule has 1 aromatic rings. The SMILES string of the molecule is O=C1C[C@@H](CCc2ccccc2)N2CC=C[C@@H]2C1. The number of hydrogen-bond donors (Lipinski definition) is 0. The lowest BCUT2D eigenvalue weighted by Crippen LogP contribution is -2.46. The topological polar surface area (TPSA) is 20.3 Å². The second-order valence-corrected chi connectivity index (χ2v) is 5.32. The van der Waals surface area contributed by atoms with Crippen LogP contribution in [-0.2, 0) is 11.2 Å². The molecule has 2 atom stereocenters. The molecule has 2 heterocycles. The third-order valence-corrected chi connectivity index (χ3v) is 4.08. The summed E-state index contributed by atoms with van der Waals surface area (Å²) in [6, 6.07) is 11.4. The summed E-state index contributed by atoms with van der Waals surface area (Å²) >= 11 is 0. The van der Waals surface area contributed by atoms with Crippen molar-refractivity contribution in [2.24, 2.45) is 0 Å². The minimum atomic E-state index is 0.382. The smallest absolute Gasteiger partial charge is 0.136 e. The number of piperidine rings is 1. The van der Waals surface area contributed by atoms with Crippen LogP contribution < -0.4 is 0 Å². The Morgan fingerprint density at radius 3 is 2.83 bits per heavy atom. The fourth-order valence-corrected chi connectivity index (χ4v) is 3.13. The lowest BCUT2D eigenvalue weighted by molar-refractivity contribution is -0.124. The number of carbonyl (C=O) groups excluding carboxylic acids is 1. The van der Waals surface area contributed by atoms with Crippen molar-refractivity contribution in [3.63, 3.8) is 0 Å². The third kappa shape index (κ3) is 2.39. The van der Waals surface area contributed by atoms with Gasteiger partial charge in [0.15, 0.2) is 0 Å². The van der Waals surface area contributed by atoms with Gasteiger partial charge in [-0.3, -0.25) is 9.69 Å². The van der Waals surface area contributed by atoms with Gasteiger partial charge in [-0.05, 0) is 18.4 Å². The van der Waals surface area contributed by atoms with Crippen molar-refractivity contribution in [2.45, 2.75) is 37.8 Å². The Morgan fingerprint density at radius 2 is 2.00 bits per heavy atom. The summed E-state index contributed by atoms with van der Waals surface area (Å²) in [7, 11) is 0. The molecule has 0 spiro atoms. The number of carbonyl (C=O) groups is 1. The number of benzene rings is 1. The number of nitrogens with zero attached hydrogens (tertiary/aromatic N) is 1. The molecule has 0 amide bonds. The molecule has 2 aliphatic rings. The highest BCUT2D eigenvalue weighted by Crippen LogP contribution is 2.27. The normalized spacial score (nSPS) is 27.4. The van der Waals surface area contributed by atoms with Gasteiger partial charge < -0.3 is 0 Å². The molecule has 2 nitrogen and oxygen atoms in total. The Kier molecular flexibility index (Phi) is 3.28. The first-order chi connectivity index (χ1) is 8.83. The van der Waals surface area contributed by atoms with Crippen LogP contribution in [-0.4, -0.2) is 29.3 Å². The summed E-state index contributed by atoms with van der Waals surface area (Å²) in [5.74, 6) is 0.431. The van der Waals surface area contributed by atoms with E-state index >= 15 is 0 Å². The lowest BCUT2D eigenvalue weighted by Gasteiger charge is -2.37. The third-order valence-electron chi connectivity index (χ3n) is 4.08. The first-order valence-electron chi connectivity index (χ1n) is 6.81. The fraction of sp³-hybridized carbons (Fsp3) is 0.438. The lowest BCUT2D eigenvalue weighted by atomic mass is 9.92. The zero-order chi connectivity index (χ0) is 12.4. The van der Waals surface area contributed by atoms with Crippen LogP contribution in [0.3, 0.4) is 0 Å². The Hall–Kier alpha value is -1.41. The predicted octanol–water partition coefficient (Wildman–Crippen LogP) is 2.59. The molecule has 3 rings (SSSR count). The largest absolute Gasteiger partial charge is 0.300 e. The van der Waals surface area contributed by atoms with Crippen LogP contribution in [0.2, 0.25) is 0 Å². The maximum absolute atomic E-state index is 11.8. The van der Waals surface area contributed by atoms with Gasteiger partial charge in [-0.15, -0.1) is 0 Å². The van der Waals surface area contributed by atoms with E-state index in [2.05, 4.69) is 41.3 Å². The molecule has 0 saturated carbocycles. The van der Waals surface area contributed by atoms with Crippen molar-refractivity contribution in [1.82, 2.24) is 4.90 Å². The number of hydrogen-bond acceptors (Lipinski definition) is 2. The molecule has 1 saturated heterocycles. The van der Waals surface area contributed by atoms with Crippen molar-refractivity contribution in [3.05, 3.63) is 48.0 Å². The summed E-state index contributed by atoms with van der Waals surface area (Å²) in [5, 5.41) is 0. The van der Waals surface area contributed by atoms with Crippen LogP contribution in [0.5, 0.6) is 0 Å². The fourth-order valence-electron chi connectivity index (χ4n) is 3.13. The summed E-state index contributed by atoms with van der Waals surface area (Å²) in [6.07, 6.45) is 8.03. The van der Waals surface area contributed by atoms with Gasteiger partial charge in [-0.1, -0.05) is 42.5 Å². The van der Waals surface area contributed by atoms with Gasteiger partial charge in [0, 0.05) is 31.5 Å².